The molecule has 0 amide bonds. The molecule has 1 aromatic heterocycles. The van der Waals surface area contributed by atoms with Crippen LogP contribution in [0.5, 0.6) is 17.5 Å². The second kappa shape index (κ2) is 11.5. The Kier molecular flexibility index (Phi) is 8.44. The van der Waals surface area contributed by atoms with E-state index in [2.05, 4.69) is 20.8 Å². The number of aromatic nitrogens is 4. The first kappa shape index (κ1) is 23.5. The van der Waals surface area contributed by atoms with E-state index in [1.54, 1.807) is 7.11 Å². The van der Waals surface area contributed by atoms with E-state index in [4.69, 9.17) is 21.1 Å². The fourth-order valence-corrected chi connectivity index (χ4v) is 3.22. The van der Waals surface area contributed by atoms with E-state index in [9.17, 15) is 0 Å². The lowest BCUT2D eigenvalue weighted by Gasteiger charge is -2.12. The van der Waals surface area contributed by atoms with Crippen molar-refractivity contribution in [3.8, 4) is 23.2 Å². The Labute approximate surface area is 197 Å². The van der Waals surface area contributed by atoms with Gasteiger partial charge in [-0.25, -0.2) is 0 Å². The van der Waals surface area contributed by atoms with E-state index >= 15 is 0 Å². The predicted molar refractivity (Wildman–Crippen MR) is 126 cm³/mol. The van der Waals surface area contributed by atoms with Crippen LogP contribution in [0.2, 0.25) is 5.02 Å². The number of rotatable bonds is 9. The van der Waals surface area contributed by atoms with Crippen molar-refractivity contribution in [3.05, 3.63) is 88.9 Å². The number of hydrogen-bond donors (Lipinski definition) is 1. The number of nitrogens with one attached hydrogen (secondary N) is 1. The lowest BCUT2D eigenvalue weighted by molar-refractivity contribution is 0.362. The number of nitrogens with zero attached hydrogens (tertiary/aromatic N) is 4. The van der Waals surface area contributed by atoms with Crippen molar-refractivity contribution in [1.29, 1.82) is 0 Å². The SMILES string of the molecule is COc1cc(CNCCc2ccc(Cl)cc2)ccc1Oc1nnnn1-c1ccccc1.Cl. The van der Waals surface area contributed by atoms with Gasteiger partial charge in [0.25, 0.3) is 0 Å². The summed E-state index contributed by atoms with van der Waals surface area (Å²) in [5, 5.41) is 15.9. The van der Waals surface area contributed by atoms with Gasteiger partial charge in [0.05, 0.1) is 12.8 Å². The number of halogens is 2. The Bertz CT molecular complexity index is 1120. The van der Waals surface area contributed by atoms with E-state index in [1.165, 1.54) is 10.2 Å². The minimum absolute atomic E-state index is 0. The van der Waals surface area contributed by atoms with Gasteiger partial charge in [-0.1, -0.05) is 53.1 Å². The van der Waals surface area contributed by atoms with Crippen LogP contribution in [0.3, 0.4) is 0 Å². The monoisotopic (exact) mass is 471 g/mol. The zero-order valence-electron chi connectivity index (χ0n) is 17.4. The first-order valence-electron chi connectivity index (χ1n) is 9.86. The van der Waals surface area contributed by atoms with Crippen molar-refractivity contribution in [2.24, 2.45) is 0 Å². The van der Waals surface area contributed by atoms with Crippen LogP contribution < -0.4 is 14.8 Å². The van der Waals surface area contributed by atoms with Crippen LogP contribution >= 0.6 is 24.0 Å². The second-order valence-corrected chi connectivity index (χ2v) is 7.29. The third kappa shape index (κ3) is 5.97. The number of ether oxygens (including phenoxy) is 2. The summed E-state index contributed by atoms with van der Waals surface area (Å²) >= 11 is 5.93. The molecule has 0 unspecified atom stereocenters. The van der Waals surface area contributed by atoms with Crippen LogP contribution in [-0.4, -0.2) is 33.9 Å². The Morgan fingerprint density at radius 1 is 0.938 bits per heavy atom. The molecule has 4 aromatic rings. The van der Waals surface area contributed by atoms with Gasteiger partial charge in [0.1, 0.15) is 0 Å². The van der Waals surface area contributed by atoms with Gasteiger partial charge in [-0.05, 0) is 70.9 Å². The quantitative estimate of drug-likeness (QED) is 0.351. The predicted octanol–water partition coefficient (Wildman–Crippen LogP) is 4.87. The molecule has 1 N–H and O–H groups in total. The number of para-hydroxylation sites is 1. The molecule has 0 bridgehead atoms. The normalized spacial score (nSPS) is 10.4. The average molecular weight is 472 g/mol. The third-order valence-electron chi connectivity index (χ3n) is 4.70. The van der Waals surface area contributed by atoms with Crippen LogP contribution in [-0.2, 0) is 13.0 Å². The first-order valence-corrected chi connectivity index (χ1v) is 10.2. The van der Waals surface area contributed by atoms with E-state index in [0.29, 0.717) is 18.0 Å². The molecule has 0 aliphatic rings. The summed E-state index contributed by atoms with van der Waals surface area (Å²) in [6.45, 7) is 1.57. The molecule has 0 fully saturated rings. The maximum absolute atomic E-state index is 5.94. The van der Waals surface area contributed by atoms with E-state index in [1.807, 2.05) is 72.8 Å². The Hall–Kier alpha value is -3.13. The largest absolute Gasteiger partial charge is 0.493 e. The van der Waals surface area contributed by atoms with E-state index in [-0.39, 0.29) is 18.4 Å². The molecule has 9 heteroatoms. The molecule has 0 aliphatic heterocycles. The number of hydrogen-bond acceptors (Lipinski definition) is 6. The highest BCUT2D eigenvalue weighted by Gasteiger charge is 2.14. The van der Waals surface area contributed by atoms with Crippen LogP contribution in [0.25, 0.3) is 5.69 Å². The van der Waals surface area contributed by atoms with Gasteiger partial charge in [0, 0.05) is 11.6 Å². The molecule has 0 saturated carbocycles. The minimum Gasteiger partial charge on any atom is -0.493 e. The fourth-order valence-electron chi connectivity index (χ4n) is 3.09. The molecule has 4 rings (SSSR count). The molecule has 0 atom stereocenters. The topological polar surface area (TPSA) is 74.1 Å². The van der Waals surface area contributed by atoms with Crippen molar-refractivity contribution in [1.82, 2.24) is 25.5 Å². The van der Waals surface area contributed by atoms with E-state index in [0.717, 1.165) is 29.2 Å². The highest BCUT2D eigenvalue weighted by molar-refractivity contribution is 6.30. The lowest BCUT2D eigenvalue weighted by atomic mass is 10.1. The summed E-state index contributed by atoms with van der Waals surface area (Å²) in [6.07, 6.45) is 0.928. The van der Waals surface area contributed by atoms with Gasteiger partial charge in [-0.3, -0.25) is 0 Å². The zero-order valence-corrected chi connectivity index (χ0v) is 19.0. The number of benzene rings is 3. The molecule has 0 spiro atoms. The standard InChI is InChI=1S/C23H22ClN5O2.ClH/c1-30-22-15-18(16-25-14-13-17-7-10-19(24)11-8-17)9-12-21(22)31-23-26-27-28-29(23)20-5-3-2-4-6-20;/h2-12,15,25H,13-14,16H2,1H3;1H. The van der Waals surface area contributed by atoms with Gasteiger partial charge in [-0.15, -0.1) is 12.4 Å². The van der Waals surface area contributed by atoms with Gasteiger partial charge < -0.3 is 14.8 Å². The zero-order chi connectivity index (χ0) is 21.5. The number of tetrazole rings is 1. The highest BCUT2D eigenvalue weighted by Crippen LogP contribution is 2.32. The summed E-state index contributed by atoms with van der Waals surface area (Å²) < 4.78 is 13.0. The molecule has 3 aromatic carbocycles. The van der Waals surface area contributed by atoms with Crippen molar-refractivity contribution in [3.63, 3.8) is 0 Å². The van der Waals surface area contributed by atoms with Crippen LogP contribution in [0.1, 0.15) is 11.1 Å². The Morgan fingerprint density at radius 2 is 1.69 bits per heavy atom. The summed E-state index contributed by atoms with van der Waals surface area (Å²) in [5.41, 5.74) is 3.14. The molecule has 0 aliphatic carbocycles. The van der Waals surface area contributed by atoms with Gasteiger partial charge in [0.15, 0.2) is 11.5 Å². The first-order chi connectivity index (χ1) is 15.2. The van der Waals surface area contributed by atoms with Gasteiger partial charge in [0.2, 0.25) is 0 Å². The van der Waals surface area contributed by atoms with Crippen LogP contribution in [0.15, 0.2) is 72.8 Å². The van der Waals surface area contributed by atoms with Gasteiger partial charge >= 0.3 is 6.01 Å². The summed E-state index contributed by atoms with van der Waals surface area (Å²) in [4.78, 5) is 0. The molecular weight excluding hydrogens is 449 g/mol. The second-order valence-electron chi connectivity index (χ2n) is 6.85. The maximum atomic E-state index is 5.94. The van der Waals surface area contributed by atoms with E-state index < -0.39 is 0 Å². The summed E-state index contributed by atoms with van der Waals surface area (Å²) in [6, 6.07) is 23.5. The summed E-state index contributed by atoms with van der Waals surface area (Å²) in [5.74, 6) is 1.15. The molecule has 0 radical (unpaired) electrons. The van der Waals surface area contributed by atoms with Crippen molar-refractivity contribution in [2.45, 2.75) is 13.0 Å². The molecule has 1 heterocycles. The molecular formula is C23H23Cl2N5O2. The van der Waals surface area contributed by atoms with Gasteiger partial charge in [-0.2, -0.15) is 4.68 Å². The highest BCUT2D eigenvalue weighted by atomic mass is 35.5. The Balaban J connectivity index is 0.00000289. The van der Waals surface area contributed by atoms with Crippen LogP contribution in [0.4, 0.5) is 0 Å². The minimum atomic E-state index is 0. The lowest BCUT2D eigenvalue weighted by Crippen LogP contribution is -2.16. The number of methoxy groups -OCH3 is 1. The Morgan fingerprint density at radius 3 is 2.44 bits per heavy atom. The molecule has 0 saturated heterocycles. The van der Waals surface area contributed by atoms with Crippen LogP contribution in [0, 0.1) is 0 Å². The van der Waals surface area contributed by atoms with Crippen molar-refractivity contribution >= 4 is 24.0 Å². The summed E-state index contributed by atoms with van der Waals surface area (Å²) in [7, 11) is 1.61. The fraction of sp³-hybridized carbons (Fsp3) is 0.174. The molecule has 7 nitrogen and oxygen atoms in total. The smallest absolute Gasteiger partial charge is 0.346 e. The molecule has 166 valence electrons. The average Bonchev–Trinajstić information content (AvgIpc) is 3.27. The van der Waals surface area contributed by atoms with Crippen molar-refractivity contribution in [2.75, 3.05) is 13.7 Å². The molecule has 32 heavy (non-hydrogen) atoms. The van der Waals surface area contributed by atoms with Crippen molar-refractivity contribution < 1.29 is 9.47 Å². The maximum Gasteiger partial charge on any atom is 0.346 e. The third-order valence-corrected chi connectivity index (χ3v) is 4.96.